The molecule has 1 fully saturated rings. The van der Waals surface area contributed by atoms with Gasteiger partial charge >= 0.3 is 0 Å². The number of hydrogen-bond acceptors (Lipinski definition) is 3. The topological polar surface area (TPSA) is 46.1 Å². The number of hydrogen-bond donors (Lipinski definition) is 0. The minimum Gasteiger partial charge on any atom is -0.339 e. The number of rotatable bonds is 2. The molecule has 0 unspecified atom stereocenters. The minimum atomic E-state index is 0.0758. The van der Waals surface area contributed by atoms with E-state index < -0.39 is 0 Å². The van der Waals surface area contributed by atoms with Gasteiger partial charge in [-0.2, -0.15) is 0 Å². The predicted octanol–water partition coefficient (Wildman–Crippen LogP) is 3.05. The summed E-state index contributed by atoms with van der Waals surface area (Å²) in [6, 6.07) is 7.73. The quantitative estimate of drug-likeness (QED) is 0.795. The molecule has 0 bridgehead atoms. The van der Waals surface area contributed by atoms with Crippen molar-refractivity contribution in [3.8, 4) is 0 Å². The summed E-state index contributed by atoms with van der Waals surface area (Å²) < 4.78 is 0. The van der Waals surface area contributed by atoms with Gasteiger partial charge in [-0.15, -0.1) is 0 Å². The van der Waals surface area contributed by atoms with Crippen molar-refractivity contribution < 1.29 is 4.79 Å². The van der Waals surface area contributed by atoms with Crippen molar-refractivity contribution in [1.82, 2.24) is 14.9 Å². The second kappa shape index (κ2) is 6.48. The highest BCUT2D eigenvalue weighted by molar-refractivity contribution is 5.91. The van der Waals surface area contributed by atoms with Gasteiger partial charge in [0.1, 0.15) is 0 Å². The number of aromatic nitrogens is 2. The van der Waals surface area contributed by atoms with Crippen molar-refractivity contribution in [2.75, 3.05) is 13.1 Å². The third-order valence-corrected chi connectivity index (χ3v) is 3.78. The maximum absolute atomic E-state index is 12.2. The Morgan fingerprint density at radius 1 is 1.05 bits per heavy atom. The van der Waals surface area contributed by atoms with Gasteiger partial charge in [-0.05, 0) is 31.1 Å². The van der Waals surface area contributed by atoms with E-state index in [4.69, 9.17) is 0 Å². The molecule has 21 heavy (non-hydrogen) atoms. The molecule has 4 nitrogen and oxygen atoms in total. The maximum atomic E-state index is 12.2. The van der Waals surface area contributed by atoms with E-state index in [1.807, 2.05) is 29.2 Å². The van der Waals surface area contributed by atoms with Crippen molar-refractivity contribution in [2.24, 2.45) is 0 Å². The van der Waals surface area contributed by atoms with Gasteiger partial charge in [-0.25, -0.2) is 4.98 Å². The number of fused-ring (bicyclic) bond motifs is 1. The lowest BCUT2D eigenvalue weighted by Gasteiger charge is -2.17. The van der Waals surface area contributed by atoms with Crippen LogP contribution in [0.5, 0.6) is 0 Å². The van der Waals surface area contributed by atoms with Crippen LogP contribution >= 0.6 is 0 Å². The first-order chi connectivity index (χ1) is 10.3. The molecular weight excluding hydrogens is 262 g/mol. The lowest BCUT2D eigenvalue weighted by atomic mass is 10.2. The Balaban J connectivity index is 1.72. The number of amides is 1. The van der Waals surface area contributed by atoms with Crippen LogP contribution < -0.4 is 0 Å². The molecule has 1 amide bonds. The molecule has 3 rings (SSSR count). The lowest BCUT2D eigenvalue weighted by molar-refractivity contribution is -0.125. The summed E-state index contributed by atoms with van der Waals surface area (Å²) in [6.45, 7) is 1.74. The zero-order valence-corrected chi connectivity index (χ0v) is 12.0. The van der Waals surface area contributed by atoms with E-state index in [2.05, 4.69) is 9.97 Å². The van der Waals surface area contributed by atoms with Crippen molar-refractivity contribution >= 4 is 23.0 Å². The molecule has 1 aromatic carbocycles. The monoisotopic (exact) mass is 281 g/mol. The molecule has 1 aromatic heterocycles. The molecule has 1 aliphatic rings. The standard InChI is InChI=1S/C17H19N3O/c21-17(20-11-5-1-2-6-12-20)10-9-14-13-18-15-7-3-4-8-16(15)19-14/h3-4,7-10,13H,1-2,5-6,11-12H2/b10-9+. The van der Waals surface area contributed by atoms with Crippen LogP contribution in [0.15, 0.2) is 36.5 Å². The Kier molecular flexibility index (Phi) is 4.24. The summed E-state index contributed by atoms with van der Waals surface area (Å²) in [5.74, 6) is 0.0758. The molecule has 0 N–H and O–H groups in total. The van der Waals surface area contributed by atoms with E-state index in [9.17, 15) is 4.79 Å². The molecule has 0 atom stereocenters. The van der Waals surface area contributed by atoms with Gasteiger partial charge in [-0.1, -0.05) is 25.0 Å². The first kappa shape index (κ1) is 13.7. The number of likely N-dealkylation sites (tertiary alicyclic amines) is 1. The third-order valence-electron chi connectivity index (χ3n) is 3.78. The summed E-state index contributed by atoms with van der Waals surface area (Å²) in [4.78, 5) is 22.9. The molecule has 0 radical (unpaired) electrons. The fourth-order valence-electron chi connectivity index (χ4n) is 2.60. The maximum Gasteiger partial charge on any atom is 0.246 e. The van der Waals surface area contributed by atoms with Gasteiger partial charge in [0.05, 0.1) is 22.9 Å². The van der Waals surface area contributed by atoms with E-state index in [1.54, 1.807) is 18.3 Å². The number of carbonyl (C=O) groups is 1. The summed E-state index contributed by atoms with van der Waals surface area (Å²) >= 11 is 0. The molecule has 4 heteroatoms. The third kappa shape index (κ3) is 3.45. The van der Waals surface area contributed by atoms with Gasteiger partial charge in [0.2, 0.25) is 5.91 Å². The molecule has 0 spiro atoms. The van der Waals surface area contributed by atoms with Crippen molar-refractivity contribution in [2.45, 2.75) is 25.7 Å². The average molecular weight is 281 g/mol. The van der Waals surface area contributed by atoms with E-state index in [-0.39, 0.29) is 5.91 Å². The first-order valence-corrected chi connectivity index (χ1v) is 7.52. The van der Waals surface area contributed by atoms with E-state index in [0.29, 0.717) is 0 Å². The van der Waals surface area contributed by atoms with Crippen LogP contribution in [-0.4, -0.2) is 33.9 Å². The minimum absolute atomic E-state index is 0.0758. The van der Waals surface area contributed by atoms with Crippen LogP contribution in [-0.2, 0) is 4.79 Å². The Bertz CT molecular complexity index is 658. The molecule has 0 saturated carbocycles. The predicted molar refractivity (Wildman–Crippen MR) is 83.6 cm³/mol. The molecule has 1 aliphatic heterocycles. The number of benzene rings is 1. The van der Waals surface area contributed by atoms with Crippen molar-refractivity contribution in [1.29, 1.82) is 0 Å². The van der Waals surface area contributed by atoms with Gasteiger partial charge in [0.15, 0.2) is 0 Å². The van der Waals surface area contributed by atoms with E-state index in [0.717, 1.165) is 42.7 Å². The van der Waals surface area contributed by atoms with Crippen molar-refractivity contribution in [3.05, 3.63) is 42.2 Å². The fraction of sp³-hybridized carbons (Fsp3) is 0.353. The Morgan fingerprint density at radius 2 is 1.76 bits per heavy atom. The Labute approximate surface area is 124 Å². The van der Waals surface area contributed by atoms with Crippen molar-refractivity contribution in [3.63, 3.8) is 0 Å². The van der Waals surface area contributed by atoms with Crippen LogP contribution in [0.25, 0.3) is 17.1 Å². The summed E-state index contributed by atoms with van der Waals surface area (Å²) in [6.07, 6.45) is 9.74. The molecule has 2 heterocycles. The Morgan fingerprint density at radius 3 is 2.52 bits per heavy atom. The van der Waals surface area contributed by atoms with Gasteiger partial charge < -0.3 is 4.90 Å². The number of carbonyl (C=O) groups excluding carboxylic acids is 1. The first-order valence-electron chi connectivity index (χ1n) is 7.52. The van der Waals surface area contributed by atoms with Crippen LogP contribution in [0.4, 0.5) is 0 Å². The second-order valence-corrected chi connectivity index (χ2v) is 5.36. The fourth-order valence-corrected chi connectivity index (χ4v) is 2.60. The lowest BCUT2D eigenvalue weighted by Crippen LogP contribution is -2.30. The molecular formula is C17H19N3O. The highest BCUT2D eigenvalue weighted by atomic mass is 16.2. The Hall–Kier alpha value is -2.23. The zero-order valence-electron chi connectivity index (χ0n) is 12.0. The normalized spacial score (nSPS) is 16.3. The molecule has 108 valence electrons. The van der Waals surface area contributed by atoms with Gasteiger partial charge in [0, 0.05) is 19.2 Å². The largest absolute Gasteiger partial charge is 0.339 e. The van der Waals surface area contributed by atoms with Crippen LogP contribution in [0.1, 0.15) is 31.4 Å². The highest BCUT2D eigenvalue weighted by Gasteiger charge is 2.12. The SMILES string of the molecule is O=C(/C=C/c1cnc2ccccc2n1)N1CCCCCC1. The zero-order chi connectivity index (χ0) is 14.5. The molecule has 1 saturated heterocycles. The highest BCUT2D eigenvalue weighted by Crippen LogP contribution is 2.12. The van der Waals surface area contributed by atoms with Crippen LogP contribution in [0.2, 0.25) is 0 Å². The average Bonchev–Trinajstić information content (AvgIpc) is 2.81. The van der Waals surface area contributed by atoms with Gasteiger partial charge in [0.25, 0.3) is 0 Å². The second-order valence-electron chi connectivity index (χ2n) is 5.36. The molecule has 0 aliphatic carbocycles. The van der Waals surface area contributed by atoms with Crippen LogP contribution in [0, 0.1) is 0 Å². The number of nitrogens with zero attached hydrogens (tertiary/aromatic N) is 3. The summed E-state index contributed by atoms with van der Waals surface area (Å²) in [5, 5.41) is 0. The smallest absolute Gasteiger partial charge is 0.246 e. The van der Waals surface area contributed by atoms with Crippen LogP contribution in [0.3, 0.4) is 0 Å². The van der Waals surface area contributed by atoms with Gasteiger partial charge in [-0.3, -0.25) is 9.78 Å². The van der Waals surface area contributed by atoms with E-state index in [1.165, 1.54) is 12.8 Å². The summed E-state index contributed by atoms with van der Waals surface area (Å²) in [5.41, 5.74) is 2.44. The number of para-hydroxylation sites is 2. The van der Waals surface area contributed by atoms with E-state index >= 15 is 0 Å². The summed E-state index contributed by atoms with van der Waals surface area (Å²) in [7, 11) is 0. The molecule has 2 aromatic rings.